The topological polar surface area (TPSA) is 65.0 Å². The minimum atomic E-state index is -0.797. The number of Topliss-reactive ketones (excluding diaryl/α,β-unsaturated/α-hetero) is 1. The number of allylic oxidation sites excluding steroid dienone is 2. The molecule has 5 heteroatoms. The van der Waals surface area contributed by atoms with E-state index in [9.17, 15) is 9.90 Å². The molecule has 0 radical (unpaired) electrons. The first-order chi connectivity index (χ1) is 12.0. The number of aliphatic hydroxyl groups is 1. The van der Waals surface area contributed by atoms with E-state index < -0.39 is 6.10 Å². The monoisotopic (exact) mass is 348 g/mol. The third kappa shape index (κ3) is 8.52. The second-order valence-electron chi connectivity index (χ2n) is 5.95. The summed E-state index contributed by atoms with van der Waals surface area (Å²) in [6.45, 7) is 4.14. The Kier molecular flexibility index (Phi) is 9.58. The molecular formula is C20H28O5. The van der Waals surface area contributed by atoms with Gasteiger partial charge in [-0.05, 0) is 38.0 Å². The molecule has 0 bridgehead atoms. The van der Waals surface area contributed by atoms with Crippen molar-refractivity contribution in [3.8, 4) is 11.5 Å². The molecule has 0 aromatic heterocycles. The molecule has 0 saturated carbocycles. The number of methoxy groups -OCH3 is 2. The van der Waals surface area contributed by atoms with Crippen LogP contribution >= 0.6 is 0 Å². The number of ketones is 1. The zero-order chi connectivity index (χ0) is 18.7. The van der Waals surface area contributed by atoms with Gasteiger partial charge in [-0.15, -0.1) is 0 Å². The quantitative estimate of drug-likeness (QED) is 0.487. The SMILES string of the molecule is COCOc1ccc(C=CC(O)CC(=O)CCC=C(C)C)cc1OC. The second-order valence-corrected chi connectivity index (χ2v) is 5.95. The maximum absolute atomic E-state index is 11.8. The van der Waals surface area contributed by atoms with Crippen LogP contribution in [0, 0.1) is 0 Å². The van der Waals surface area contributed by atoms with Gasteiger partial charge in [0.15, 0.2) is 18.3 Å². The lowest BCUT2D eigenvalue weighted by molar-refractivity contribution is -0.120. The third-order valence-corrected chi connectivity index (χ3v) is 3.44. The van der Waals surface area contributed by atoms with Crippen LogP contribution in [0.5, 0.6) is 11.5 Å². The average Bonchev–Trinajstić information content (AvgIpc) is 2.58. The first-order valence-corrected chi connectivity index (χ1v) is 8.27. The summed E-state index contributed by atoms with van der Waals surface area (Å²) in [6, 6.07) is 5.41. The highest BCUT2D eigenvalue weighted by molar-refractivity contribution is 5.79. The molecule has 1 unspecified atom stereocenters. The summed E-state index contributed by atoms with van der Waals surface area (Å²) >= 11 is 0. The number of carbonyl (C=O) groups is 1. The van der Waals surface area contributed by atoms with Crippen LogP contribution in [0.15, 0.2) is 35.9 Å². The van der Waals surface area contributed by atoms with Crippen molar-refractivity contribution in [2.75, 3.05) is 21.0 Å². The molecule has 5 nitrogen and oxygen atoms in total. The Morgan fingerprint density at radius 3 is 2.64 bits per heavy atom. The highest BCUT2D eigenvalue weighted by atomic mass is 16.7. The van der Waals surface area contributed by atoms with Crippen LogP contribution in [0.25, 0.3) is 6.08 Å². The van der Waals surface area contributed by atoms with Gasteiger partial charge in [0.25, 0.3) is 0 Å². The fourth-order valence-corrected chi connectivity index (χ4v) is 2.18. The van der Waals surface area contributed by atoms with Crippen molar-refractivity contribution in [1.29, 1.82) is 0 Å². The molecule has 138 valence electrons. The van der Waals surface area contributed by atoms with Crippen molar-refractivity contribution in [1.82, 2.24) is 0 Å². The first kappa shape index (κ1) is 20.9. The smallest absolute Gasteiger partial charge is 0.188 e. The predicted molar refractivity (Wildman–Crippen MR) is 98.8 cm³/mol. The van der Waals surface area contributed by atoms with E-state index in [0.29, 0.717) is 17.9 Å². The maximum Gasteiger partial charge on any atom is 0.188 e. The Balaban J connectivity index is 2.59. The summed E-state index contributed by atoms with van der Waals surface area (Å²) in [5.74, 6) is 1.21. The Labute approximate surface area is 149 Å². The molecule has 0 spiro atoms. The van der Waals surface area contributed by atoms with Gasteiger partial charge in [0, 0.05) is 20.0 Å². The Morgan fingerprint density at radius 2 is 2.00 bits per heavy atom. The zero-order valence-electron chi connectivity index (χ0n) is 15.5. The highest BCUT2D eigenvalue weighted by Crippen LogP contribution is 2.28. The number of benzene rings is 1. The summed E-state index contributed by atoms with van der Waals surface area (Å²) in [7, 11) is 3.11. The number of ether oxygens (including phenoxy) is 3. The second kappa shape index (κ2) is 11.4. The van der Waals surface area contributed by atoms with Crippen LogP contribution in [0.2, 0.25) is 0 Å². The molecule has 0 amide bonds. The van der Waals surface area contributed by atoms with Gasteiger partial charge in [0.05, 0.1) is 13.2 Å². The fourth-order valence-electron chi connectivity index (χ4n) is 2.18. The van der Waals surface area contributed by atoms with E-state index in [1.165, 1.54) is 5.57 Å². The van der Waals surface area contributed by atoms with Gasteiger partial charge in [-0.25, -0.2) is 0 Å². The van der Waals surface area contributed by atoms with Gasteiger partial charge < -0.3 is 19.3 Å². The lowest BCUT2D eigenvalue weighted by Crippen LogP contribution is -2.10. The van der Waals surface area contributed by atoms with Crippen LogP contribution < -0.4 is 9.47 Å². The molecule has 1 rings (SSSR count). The van der Waals surface area contributed by atoms with Crippen LogP contribution in [0.4, 0.5) is 0 Å². The van der Waals surface area contributed by atoms with E-state index in [1.807, 2.05) is 26.0 Å². The predicted octanol–water partition coefficient (Wildman–Crippen LogP) is 3.76. The maximum atomic E-state index is 11.8. The van der Waals surface area contributed by atoms with Gasteiger partial charge in [-0.3, -0.25) is 4.79 Å². The Hall–Kier alpha value is -2.11. The largest absolute Gasteiger partial charge is 0.493 e. The van der Waals surface area contributed by atoms with Gasteiger partial charge in [-0.2, -0.15) is 0 Å². The molecule has 0 aliphatic carbocycles. The lowest BCUT2D eigenvalue weighted by atomic mass is 10.1. The summed E-state index contributed by atoms with van der Waals surface area (Å²) in [5, 5.41) is 9.99. The summed E-state index contributed by atoms with van der Waals surface area (Å²) < 4.78 is 15.5. The highest BCUT2D eigenvalue weighted by Gasteiger charge is 2.08. The summed E-state index contributed by atoms with van der Waals surface area (Å²) in [6.07, 6.45) is 5.90. The van der Waals surface area contributed by atoms with E-state index in [1.54, 1.807) is 38.5 Å². The molecule has 1 aromatic carbocycles. The van der Waals surface area contributed by atoms with E-state index in [-0.39, 0.29) is 19.0 Å². The minimum absolute atomic E-state index is 0.0514. The molecule has 0 heterocycles. The Morgan fingerprint density at radius 1 is 1.24 bits per heavy atom. The van der Waals surface area contributed by atoms with Crippen molar-refractivity contribution < 1.29 is 24.1 Å². The lowest BCUT2D eigenvalue weighted by Gasteiger charge is -2.10. The van der Waals surface area contributed by atoms with Crippen molar-refractivity contribution in [2.45, 2.75) is 39.2 Å². The molecular weight excluding hydrogens is 320 g/mol. The molecule has 1 atom stereocenters. The zero-order valence-corrected chi connectivity index (χ0v) is 15.5. The molecule has 0 saturated heterocycles. The summed E-state index contributed by atoms with van der Waals surface area (Å²) in [5.41, 5.74) is 2.04. The summed E-state index contributed by atoms with van der Waals surface area (Å²) in [4.78, 5) is 11.8. The van der Waals surface area contributed by atoms with E-state index in [4.69, 9.17) is 14.2 Å². The van der Waals surface area contributed by atoms with Crippen LogP contribution in [0.3, 0.4) is 0 Å². The Bertz CT molecular complexity index is 600. The van der Waals surface area contributed by atoms with E-state index in [2.05, 4.69) is 0 Å². The molecule has 1 N–H and O–H groups in total. The number of carbonyl (C=O) groups excluding carboxylic acids is 1. The normalized spacial score (nSPS) is 12.0. The molecule has 1 aromatic rings. The molecule has 25 heavy (non-hydrogen) atoms. The van der Waals surface area contributed by atoms with Gasteiger partial charge >= 0.3 is 0 Å². The fraction of sp³-hybridized carbons (Fsp3) is 0.450. The van der Waals surface area contributed by atoms with E-state index >= 15 is 0 Å². The molecule has 0 aliphatic heterocycles. The van der Waals surface area contributed by atoms with Crippen molar-refractivity contribution in [3.05, 3.63) is 41.5 Å². The van der Waals surface area contributed by atoms with Gasteiger partial charge in [0.2, 0.25) is 0 Å². The molecule has 0 fully saturated rings. The van der Waals surface area contributed by atoms with Crippen LogP contribution in [0.1, 0.15) is 38.7 Å². The molecule has 0 aliphatic rings. The third-order valence-electron chi connectivity index (χ3n) is 3.44. The minimum Gasteiger partial charge on any atom is -0.493 e. The first-order valence-electron chi connectivity index (χ1n) is 8.27. The number of rotatable bonds is 11. The number of aliphatic hydroxyl groups excluding tert-OH is 1. The number of hydrogen-bond acceptors (Lipinski definition) is 5. The van der Waals surface area contributed by atoms with Crippen molar-refractivity contribution >= 4 is 11.9 Å². The van der Waals surface area contributed by atoms with Gasteiger partial charge in [0.1, 0.15) is 5.78 Å². The number of hydrogen-bond donors (Lipinski definition) is 1. The van der Waals surface area contributed by atoms with Crippen molar-refractivity contribution in [3.63, 3.8) is 0 Å². The van der Waals surface area contributed by atoms with Crippen molar-refractivity contribution in [2.24, 2.45) is 0 Å². The van der Waals surface area contributed by atoms with Gasteiger partial charge in [-0.1, -0.05) is 29.9 Å². The van der Waals surface area contributed by atoms with Crippen LogP contribution in [-0.2, 0) is 9.53 Å². The standard InChI is InChI=1S/C20H28O5/c1-15(2)6-5-7-17(21)13-18(22)10-8-16-9-11-19(25-14-23-3)20(12-16)24-4/h6,8-12,18,22H,5,7,13-14H2,1-4H3. The average molecular weight is 348 g/mol. The van der Waals surface area contributed by atoms with E-state index in [0.717, 1.165) is 12.0 Å². The van der Waals surface area contributed by atoms with Crippen LogP contribution in [-0.4, -0.2) is 38.0 Å².